The molecular weight excluding hydrogens is 506 g/mol. The van der Waals surface area contributed by atoms with Gasteiger partial charge in [0.1, 0.15) is 16.7 Å². The lowest BCUT2D eigenvalue weighted by molar-refractivity contribution is -0.119. The molecule has 2 amide bonds. The first kappa shape index (κ1) is 27.3. The highest BCUT2D eigenvalue weighted by atomic mass is 32.2. The first-order valence-corrected chi connectivity index (χ1v) is 15.0. The van der Waals surface area contributed by atoms with Crippen LogP contribution in [0.1, 0.15) is 84.4 Å². The molecule has 3 aromatic rings. The van der Waals surface area contributed by atoms with Crippen molar-refractivity contribution in [3.8, 4) is 11.5 Å². The highest BCUT2D eigenvalue weighted by Crippen LogP contribution is 2.36. The third-order valence-electron chi connectivity index (χ3n) is 7.52. The summed E-state index contributed by atoms with van der Waals surface area (Å²) >= 11 is 1.00. The Morgan fingerprint density at radius 1 is 0.872 bits per heavy atom. The number of ether oxygens (including phenoxy) is 2. The average Bonchev–Trinajstić information content (AvgIpc) is 3.60. The molecule has 1 heterocycles. The molecule has 5 nitrogen and oxygen atoms in total. The lowest BCUT2D eigenvalue weighted by Crippen LogP contribution is -2.20. The first-order valence-electron chi connectivity index (χ1n) is 14.2. The van der Waals surface area contributed by atoms with Crippen LogP contribution in [0.4, 0.5) is 4.79 Å². The van der Waals surface area contributed by atoms with Gasteiger partial charge in [-0.3, -0.25) is 14.9 Å². The Morgan fingerprint density at radius 3 is 2.38 bits per heavy atom. The fraction of sp³-hybridized carbons (Fsp3) is 0.394. The summed E-state index contributed by atoms with van der Waals surface area (Å²) < 4.78 is 12.1. The number of carbonyl (C=O) groups excluding carboxylic acids is 2. The van der Waals surface area contributed by atoms with E-state index in [-0.39, 0.29) is 11.1 Å². The predicted molar refractivity (Wildman–Crippen MR) is 157 cm³/mol. The number of nitrogens with one attached hydrogen (secondary N) is 1. The van der Waals surface area contributed by atoms with Crippen LogP contribution in [0.15, 0.2) is 66.7 Å². The van der Waals surface area contributed by atoms with E-state index >= 15 is 0 Å². The number of hydrogen-bond acceptors (Lipinski definition) is 5. The molecule has 1 aliphatic carbocycles. The van der Waals surface area contributed by atoms with Crippen LogP contribution in [0, 0.1) is 0 Å². The second-order valence-electron chi connectivity index (χ2n) is 10.5. The summed E-state index contributed by atoms with van der Waals surface area (Å²) in [5, 5.41) is 1.51. The predicted octanol–water partition coefficient (Wildman–Crippen LogP) is 7.76. The summed E-state index contributed by atoms with van der Waals surface area (Å²) in [5.74, 6) is 2.12. The summed E-state index contributed by atoms with van der Waals surface area (Å²) in [6, 6.07) is 23.2. The van der Waals surface area contributed by atoms with Gasteiger partial charge in [0.2, 0.25) is 5.91 Å². The Labute approximate surface area is 235 Å². The maximum Gasteiger partial charge on any atom is 0.286 e. The molecule has 0 aromatic heterocycles. The zero-order valence-electron chi connectivity index (χ0n) is 22.6. The molecule has 5 rings (SSSR count). The summed E-state index contributed by atoms with van der Waals surface area (Å²) in [7, 11) is 0. The smallest absolute Gasteiger partial charge is 0.286 e. The van der Waals surface area contributed by atoms with Gasteiger partial charge in [-0.05, 0) is 89.4 Å². The van der Waals surface area contributed by atoms with Gasteiger partial charge >= 0.3 is 0 Å². The maximum atomic E-state index is 12.0. The quantitative estimate of drug-likeness (QED) is 0.237. The molecule has 0 bridgehead atoms. The fourth-order valence-electron chi connectivity index (χ4n) is 5.52. The van der Waals surface area contributed by atoms with Gasteiger partial charge < -0.3 is 9.47 Å². The number of aryl methyl sites for hydroxylation is 1. The molecule has 39 heavy (non-hydrogen) atoms. The van der Waals surface area contributed by atoms with Crippen molar-refractivity contribution < 1.29 is 19.1 Å². The molecule has 2 fully saturated rings. The second-order valence-corrected chi connectivity index (χ2v) is 11.6. The van der Waals surface area contributed by atoms with Crippen molar-refractivity contribution in [2.24, 2.45) is 0 Å². The molecule has 3 aromatic carbocycles. The van der Waals surface area contributed by atoms with Gasteiger partial charge in [0.05, 0.1) is 13.2 Å². The van der Waals surface area contributed by atoms with E-state index in [1.54, 1.807) is 0 Å². The third-order valence-corrected chi connectivity index (χ3v) is 8.56. The second kappa shape index (κ2) is 13.2. The van der Waals surface area contributed by atoms with Gasteiger partial charge in [0.25, 0.3) is 5.24 Å². The zero-order valence-corrected chi connectivity index (χ0v) is 23.4. The number of hydrogen-bond donors (Lipinski definition) is 1. The van der Waals surface area contributed by atoms with E-state index in [0.717, 1.165) is 54.7 Å². The van der Waals surface area contributed by atoms with Crippen molar-refractivity contribution in [3.63, 3.8) is 0 Å². The molecule has 1 aliphatic heterocycles. The van der Waals surface area contributed by atoms with E-state index in [4.69, 9.17) is 9.47 Å². The minimum absolute atomic E-state index is 0.276. The lowest BCUT2D eigenvalue weighted by Gasteiger charge is -2.14. The Morgan fingerprint density at radius 2 is 1.64 bits per heavy atom. The highest BCUT2D eigenvalue weighted by molar-refractivity contribution is 8.15. The molecule has 1 unspecified atom stereocenters. The van der Waals surface area contributed by atoms with Crippen LogP contribution in [-0.4, -0.2) is 24.4 Å². The normalized spacial score (nSPS) is 17.4. The topological polar surface area (TPSA) is 64.6 Å². The molecular formula is C33H37NO4S. The minimum atomic E-state index is -0.513. The number of amides is 2. The first-order chi connectivity index (χ1) is 19.1. The van der Waals surface area contributed by atoms with E-state index in [1.165, 1.54) is 47.9 Å². The van der Waals surface area contributed by atoms with Crippen LogP contribution in [-0.2, 0) is 17.6 Å². The van der Waals surface area contributed by atoms with Crippen molar-refractivity contribution in [2.45, 2.75) is 69.5 Å². The zero-order chi connectivity index (χ0) is 27.0. The summed E-state index contributed by atoms with van der Waals surface area (Å²) in [4.78, 5) is 23.5. The lowest BCUT2D eigenvalue weighted by atomic mass is 9.95. The number of carbonyl (C=O) groups is 2. The molecule has 1 atom stereocenters. The minimum Gasteiger partial charge on any atom is -0.493 e. The Bertz CT molecular complexity index is 1280. The van der Waals surface area contributed by atoms with Crippen molar-refractivity contribution >= 4 is 22.9 Å². The Hall–Kier alpha value is -3.25. The van der Waals surface area contributed by atoms with Gasteiger partial charge in [-0.15, -0.1) is 0 Å². The highest BCUT2D eigenvalue weighted by Gasteiger charge is 2.33. The molecule has 1 saturated heterocycles. The van der Waals surface area contributed by atoms with Crippen molar-refractivity contribution in [2.75, 3.05) is 13.2 Å². The molecule has 0 radical (unpaired) electrons. The number of imide groups is 1. The monoisotopic (exact) mass is 543 g/mol. The van der Waals surface area contributed by atoms with Crippen molar-refractivity contribution in [1.29, 1.82) is 0 Å². The average molecular weight is 544 g/mol. The van der Waals surface area contributed by atoms with Crippen LogP contribution in [0.2, 0.25) is 0 Å². The molecule has 2 aliphatic rings. The van der Waals surface area contributed by atoms with Crippen LogP contribution in [0.5, 0.6) is 11.5 Å². The molecule has 6 heteroatoms. The van der Waals surface area contributed by atoms with Crippen LogP contribution < -0.4 is 14.8 Å². The standard InChI is InChI=1S/C33H37NO4S/c1-2-7-27-21-24(20-23-12-15-26(16-13-23)25-8-3-4-9-25)14-17-30(27)38-19-6-18-37-29-11-5-10-28(22-29)31-32(35)34-33(36)39-31/h5,10-17,21-22,25,31H,2-4,6-9,18-20H2,1H3,(H,34,35,36). The van der Waals surface area contributed by atoms with E-state index in [9.17, 15) is 9.59 Å². The van der Waals surface area contributed by atoms with Crippen molar-refractivity contribution in [3.05, 3.63) is 94.5 Å². The number of rotatable bonds is 12. The van der Waals surface area contributed by atoms with Gasteiger partial charge in [-0.2, -0.15) is 0 Å². The van der Waals surface area contributed by atoms with Gasteiger partial charge in [0, 0.05) is 6.42 Å². The number of benzene rings is 3. The summed E-state index contributed by atoms with van der Waals surface area (Å²) in [6.45, 7) is 3.27. The van der Waals surface area contributed by atoms with E-state index in [2.05, 4.69) is 54.7 Å². The fourth-order valence-corrected chi connectivity index (χ4v) is 6.35. The van der Waals surface area contributed by atoms with Gasteiger partial charge in [0.15, 0.2) is 0 Å². The molecule has 1 saturated carbocycles. The van der Waals surface area contributed by atoms with Gasteiger partial charge in [-0.1, -0.05) is 74.7 Å². The number of thioether (sulfide) groups is 1. The van der Waals surface area contributed by atoms with Gasteiger partial charge in [-0.25, -0.2) is 0 Å². The SMILES string of the molecule is CCCc1cc(Cc2ccc(C3CCCC3)cc2)ccc1OCCCOc1cccc(C2SC(=O)NC2=O)c1. The Kier molecular flexibility index (Phi) is 9.25. The van der Waals surface area contributed by atoms with Crippen LogP contribution in [0.25, 0.3) is 0 Å². The molecule has 0 spiro atoms. The van der Waals surface area contributed by atoms with Crippen LogP contribution in [0.3, 0.4) is 0 Å². The third kappa shape index (κ3) is 7.24. The summed E-state index contributed by atoms with van der Waals surface area (Å²) in [5.41, 5.74) is 6.20. The maximum absolute atomic E-state index is 12.0. The summed E-state index contributed by atoms with van der Waals surface area (Å²) in [6.07, 6.45) is 9.14. The van der Waals surface area contributed by atoms with E-state index in [1.807, 2.05) is 24.3 Å². The van der Waals surface area contributed by atoms with Crippen LogP contribution >= 0.6 is 11.8 Å². The molecule has 1 N–H and O–H groups in total. The van der Waals surface area contributed by atoms with E-state index < -0.39 is 5.25 Å². The molecule has 204 valence electrons. The largest absolute Gasteiger partial charge is 0.493 e. The van der Waals surface area contributed by atoms with E-state index in [0.29, 0.717) is 19.0 Å². The Balaban J connectivity index is 1.11. The van der Waals surface area contributed by atoms with Crippen molar-refractivity contribution in [1.82, 2.24) is 5.32 Å².